The summed E-state index contributed by atoms with van der Waals surface area (Å²) in [6, 6.07) is 4.71. The molecule has 0 radical (unpaired) electrons. The molecule has 0 atom stereocenters. The molecular weight excluding hydrogens is 254 g/mol. The number of nitrogens with zero attached hydrogens (tertiary/aromatic N) is 1. The van der Waals surface area contributed by atoms with Gasteiger partial charge in [-0.2, -0.15) is 0 Å². The molecule has 3 N–H and O–H groups in total. The summed E-state index contributed by atoms with van der Waals surface area (Å²) in [5.41, 5.74) is 7.89. The van der Waals surface area contributed by atoms with E-state index in [9.17, 15) is 4.79 Å². The molecule has 2 aromatic rings. The van der Waals surface area contributed by atoms with Crippen LogP contribution in [-0.4, -0.2) is 11.1 Å². The molecule has 0 aliphatic carbocycles. The van der Waals surface area contributed by atoms with Crippen molar-refractivity contribution in [1.29, 1.82) is 0 Å². The van der Waals surface area contributed by atoms with Gasteiger partial charge in [-0.1, -0.05) is 16.8 Å². The molecule has 6 heteroatoms. The summed E-state index contributed by atoms with van der Waals surface area (Å²) in [5.74, 6) is -0.0671. The Labute approximate surface area is 109 Å². The number of carbonyl (C=O) groups is 1. The number of amides is 1. The van der Waals surface area contributed by atoms with Crippen LogP contribution in [0.4, 0.5) is 11.6 Å². The van der Waals surface area contributed by atoms with Crippen molar-refractivity contribution in [1.82, 2.24) is 5.16 Å². The molecule has 5 nitrogen and oxygen atoms in total. The number of benzene rings is 1. The van der Waals surface area contributed by atoms with Crippen LogP contribution in [0.1, 0.15) is 21.6 Å². The SMILES string of the molecule is Cc1noc(NC(=O)c2cc(N)ccc2Cl)c1C. The number of nitrogen functional groups attached to an aromatic ring is 1. The summed E-state index contributed by atoms with van der Waals surface area (Å²) in [7, 11) is 0. The Bertz CT molecular complexity index is 607. The summed E-state index contributed by atoms with van der Waals surface area (Å²) in [4.78, 5) is 12.0. The minimum absolute atomic E-state index is 0.296. The van der Waals surface area contributed by atoms with Crippen LogP contribution in [0.3, 0.4) is 0 Å². The van der Waals surface area contributed by atoms with E-state index in [2.05, 4.69) is 10.5 Å². The fourth-order valence-corrected chi connectivity index (χ4v) is 1.62. The maximum absolute atomic E-state index is 12.0. The summed E-state index contributed by atoms with van der Waals surface area (Å²) < 4.78 is 5.00. The van der Waals surface area contributed by atoms with Gasteiger partial charge in [-0.25, -0.2) is 0 Å². The number of nitrogens with two attached hydrogens (primary N) is 1. The van der Waals surface area contributed by atoms with Crippen LogP contribution in [0.15, 0.2) is 22.7 Å². The van der Waals surface area contributed by atoms with E-state index in [0.717, 1.165) is 11.3 Å². The van der Waals surface area contributed by atoms with Gasteiger partial charge in [0.25, 0.3) is 5.91 Å². The quantitative estimate of drug-likeness (QED) is 0.818. The van der Waals surface area contributed by atoms with E-state index in [4.69, 9.17) is 21.9 Å². The smallest absolute Gasteiger partial charge is 0.259 e. The van der Waals surface area contributed by atoms with Crippen LogP contribution in [0.5, 0.6) is 0 Å². The average Bonchev–Trinajstić information content (AvgIpc) is 2.64. The Balaban J connectivity index is 2.27. The van der Waals surface area contributed by atoms with Gasteiger partial charge in [0.1, 0.15) is 0 Å². The van der Waals surface area contributed by atoms with Gasteiger partial charge >= 0.3 is 0 Å². The second-order valence-electron chi connectivity index (χ2n) is 3.92. The van der Waals surface area contributed by atoms with E-state index < -0.39 is 0 Å². The molecule has 0 fully saturated rings. The third kappa shape index (κ3) is 2.31. The molecule has 1 amide bonds. The first-order valence-corrected chi connectivity index (χ1v) is 5.66. The second kappa shape index (κ2) is 4.70. The zero-order chi connectivity index (χ0) is 13.3. The van der Waals surface area contributed by atoms with Gasteiger partial charge in [-0.05, 0) is 32.0 Å². The molecule has 0 saturated heterocycles. The number of nitrogens with one attached hydrogen (secondary N) is 1. The summed E-state index contributed by atoms with van der Waals surface area (Å²) in [6.45, 7) is 3.60. The van der Waals surface area contributed by atoms with Crippen LogP contribution in [0, 0.1) is 13.8 Å². The molecule has 2 rings (SSSR count). The first-order valence-electron chi connectivity index (χ1n) is 5.28. The van der Waals surface area contributed by atoms with Crippen LogP contribution < -0.4 is 11.1 Å². The number of carbonyl (C=O) groups excluding carboxylic acids is 1. The van der Waals surface area contributed by atoms with Crippen molar-refractivity contribution in [3.63, 3.8) is 0 Å². The largest absolute Gasteiger partial charge is 0.399 e. The highest BCUT2D eigenvalue weighted by molar-refractivity contribution is 6.34. The third-order valence-electron chi connectivity index (χ3n) is 2.62. The monoisotopic (exact) mass is 265 g/mol. The van der Waals surface area contributed by atoms with E-state index in [1.165, 1.54) is 6.07 Å². The predicted molar refractivity (Wildman–Crippen MR) is 69.8 cm³/mol. The Hall–Kier alpha value is -2.01. The molecule has 0 saturated carbocycles. The minimum Gasteiger partial charge on any atom is -0.399 e. The number of aromatic nitrogens is 1. The number of hydrogen-bond acceptors (Lipinski definition) is 4. The van der Waals surface area contributed by atoms with Crippen molar-refractivity contribution >= 4 is 29.1 Å². The highest BCUT2D eigenvalue weighted by atomic mass is 35.5. The molecule has 0 aliphatic rings. The van der Waals surface area contributed by atoms with Crippen LogP contribution >= 0.6 is 11.6 Å². The number of rotatable bonds is 2. The van der Waals surface area contributed by atoms with Gasteiger partial charge < -0.3 is 10.3 Å². The van der Waals surface area contributed by atoms with Gasteiger partial charge in [0, 0.05) is 11.3 Å². The van der Waals surface area contributed by atoms with Gasteiger partial charge in [0.05, 0.1) is 16.3 Å². The highest BCUT2D eigenvalue weighted by Crippen LogP contribution is 2.22. The fourth-order valence-electron chi connectivity index (χ4n) is 1.42. The Morgan fingerprint density at radius 1 is 1.44 bits per heavy atom. The van der Waals surface area contributed by atoms with Crippen molar-refractivity contribution in [3.8, 4) is 0 Å². The van der Waals surface area contributed by atoms with Crippen LogP contribution in [0.2, 0.25) is 5.02 Å². The summed E-state index contributed by atoms with van der Waals surface area (Å²) >= 11 is 5.94. The average molecular weight is 266 g/mol. The van der Waals surface area contributed by atoms with E-state index in [-0.39, 0.29) is 5.91 Å². The van der Waals surface area contributed by atoms with Gasteiger partial charge in [-0.3, -0.25) is 10.1 Å². The number of anilines is 2. The van der Waals surface area contributed by atoms with Gasteiger partial charge in [0.15, 0.2) is 0 Å². The molecule has 94 valence electrons. The van der Waals surface area contributed by atoms with E-state index >= 15 is 0 Å². The van der Waals surface area contributed by atoms with Crippen molar-refractivity contribution < 1.29 is 9.32 Å². The molecule has 1 aromatic carbocycles. The van der Waals surface area contributed by atoms with Crippen molar-refractivity contribution in [3.05, 3.63) is 40.0 Å². The molecule has 0 bridgehead atoms. The lowest BCUT2D eigenvalue weighted by atomic mass is 10.2. The number of halogens is 1. The molecule has 18 heavy (non-hydrogen) atoms. The fraction of sp³-hybridized carbons (Fsp3) is 0.167. The highest BCUT2D eigenvalue weighted by Gasteiger charge is 2.15. The molecular formula is C12H12ClN3O2. The van der Waals surface area contributed by atoms with Crippen molar-refractivity contribution in [2.75, 3.05) is 11.1 Å². The predicted octanol–water partition coefficient (Wildman–Crippen LogP) is 2.78. The Morgan fingerprint density at radius 2 is 2.17 bits per heavy atom. The summed E-state index contributed by atoms with van der Waals surface area (Å²) in [6.07, 6.45) is 0. The second-order valence-corrected chi connectivity index (χ2v) is 4.32. The van der Waals surface area contributed by atoms with E-state index in [1.54, 1.807) is 19.1 Å². The molecule has 0 unspecified atom stereocenters. The first kappa shape index (κ1) is 12.4. The summed E-state index contributed by atoms with van der Waals surface area (Å²) in [5, 5.41) is 6.69. The zero-order valence-electron chi connectivity index (χ0n) is 9.95. The van der Waals surface area contributed by atoms with E-state index in [1.807, 2.05) is 6.92 Å². The topological polar surface area (TPSA) is 81.2 Å². The molecule has 0 aliphatic heterocycles. The normalized spacial score (nSPS) is 10.4. The van der Waals surface area contributed by atoms with Gasteiger partial charge in [0.2, 0.25) is 5.88 Å². The van der Waals surface area contributed by atoms with E-state index in [0.29, 0.717) is 22.2 Å². The lowest BCUT2D eigenvalue weighted by Gasteiger charge is -2.05. The molecule has 1 aromatic heterocycles. The molecule has 1 heterocycles. The van der Waals surface area contributed by atoms with Crippen molar-refractivity contribution in [2.24, 2.45) is 0 Å². The number of hydrogen-bond donors (Lipinski definition) is 2. The maximum atomic E-state index is 12.0. The zero-order valence-corrected chi connectivity index (χ0v) is 10.7. The maximum Gasteiger partial charge on any atom is 0.259 e. The standard InChI is InChI=1S/C12H12ClN3O2/c1-6-7(2)16-18-12(6)15-11(17)9-5-8(14)3-4-10(9)13/h3-5H,14H2,1-2H3,(H,15,17). The third-order valence-corrected chi connectivity index (χ3v) is 2.95. The lowest BCUT2D eigenvalue weighted by Crippen LogP contribution is -2.13. The first-order chi connectivity index (χ1) is 8.49. The Morgan fingerprint density at radius 3 is 2.78 bits per heavy atom. The van der Waals surface area contributed by atoms with Crippen molar-refractivity contribution in [2.45, 2.75) is 13.8 Å². The minimum atomic E-state index is -0.383. The lowest BCUT2D eigenvalue weighted by molar-refractivity contribution is 0.102. The molecule has 0 spiro atoms. The Kier molecular flexibility index (Phi) is 3.25. The number of aryl methyl sites for hydroxylation is 1. The van der Waals surface area contributed by atoms with Crippen LogP contribution in [-0.2, 0) is 0 Å². The van der Waals surface area contributed by atoms with Crippen LogP contribution in [0.25, 0.3) is 0 Å². The van der Waals surface area contributed by atoms with Gasteiger partial charge in [-0.15, -0.1) is 0 Å².